The molecule has 0 aromatic carbocycles. The molecule has 0 N–H and O–H groups in total. The van der Waals surface area contributed by atoms with Crippen LogP contribution in [0.25, 0.3) is 0 Å². The molecule has 120 valence electrons. The van der Waals surface area contributed by atoms with E-state index in [1.807, 2.05) is 13.8 Å². The largest absolute Gasteiger partial charge is 0.355 e. The zero-order chi connectivity index (χ0) is 17.3. The van der Waals surface area contributed by atoms with E-state index in [1.54, 1.807) is 0 Å². The van der Waals surface area contributed by atoms with Crippen LogP contribution in [0.4, 0.5) is 0 Å². The van der Waals surface area contributed by atoms with Crippen LogP contribution in [0.3, 0.4) is 0 Å². The molecule has 4 saturated heterocycles. The molecule has 5 heteroatoms. The zero-order valence-electron chi connectivity index (χ0n) is 15.8. The van der Waals surface area contributed by atoms with Gasteiger partial charge >= 0.3 is 0 Å². The lowest BCUT2D eigenvalue weighted by molar-refractivity contribution is -0.577. The van der Waals surface area contributed by atoms with Crippen LogP contribution in [0.1, 0.15) is 50.6 Å². The zero-order valence-corrected chi connectivity index (χ0v) is 12.8. The summed E-state index contributed by atoms with van der Waals surface area (Å²) in [5.41, 5.74) is -0.679. The Morgan fingerprint density at radius 2 is 2.00 bits per heavy atom. The average Bonchev–Trinajstić information content (AvgIpc) is 2.69. The molecule has 0 aromatic rings. The second kappa shape index (κ2) is 4.65. The Labute approximate surface area is 130 Å². The summed E-state index contributed by atoms with van der Waals surface area (Å²) in [7, 11) is -2.50. The summed E-state index contributed by atoms with van der Waals surface area (Å²) < 4.78 is 39.6. The lowest BCUT2D eigenvalue weighted by Crippen LogP contribution is -2.70. The van der Waals surface area contributed by atoms with Gasteiger partial charge in [-0.25, -0.2) is 9.78 Å². The van der Waals surface area contributed by atoms with Crippen LogP contribution in [0.2, 0.25) is 0 Å². The summed E-state index contributed by atoms with van der Waals surface area (Å²) in [5.74, 6) is -0.157. The Kier molecular flexibility index (Phi) is 2.51. The Morgan fingerprint density at radius 3 is 2.81 bits per heavy atom. The van der Waals surface area contributed by atoms with E-state index in [-0.39, 0.29) is 17.8 Å². The molecule has 4 aliphatic heterocycles. The highest BCUT2D eigenvalue weighted by molar-refractivity contribution is 5.08. The molecule has 1 aliphatic carbocycles. The second-order valence-corrected chi connectivity index (χ2v) is 7.39. The quantitative estimate of drug-likeness (QED) is 0.697. The molecule has 0 amide bonds. The van der Waals surface area contributed by atoms with Gasteiger partial charge in [-0.1, -0.05) is 13.8 Å². The minimum atomic E-state index is -2.50. The van der Waals surface area contributed by atoms with Crippen molar-refractivity contribution in [1.82, 2.24) is 0 Å². The van der Waals surface area contributed by atoms with Gasteiger partial charge in [0, 0.05) is 25.3 Å². The standard InChI is InChI=1S/C16H26O5/c1-9-5-6-12-10(2)13(17-4)18-14-16(12)11(9)7-8-15(3,19-14)20-21-16/h9-14H,5-8H2,1-4H3/t9-,10-,11+,12+,13+,14+,15-,16-/m1/s1/i4D3. The SMILES string of the molecule is [2H]C([2H])([2H])O[C@H]1O[C@H]2O[C@@]3(C)CC[C@H]4[C@H](C)CC[C@@H]([C@H]1C)[C@@]24OO3. The average molecular weight is 301 g/mol. The van der Waals surface area contributed by atoms with E-state index in [2.05, 4.69) is 6.92 Å². The maximum atomic E-state index is 7.42. The summed E-state index contributed by atoms with van der Waals surface area (Å²) in [6, 6.07) is 0. The smallest absolute Gasteiger partial charge is 0.201 e. The second-order valence-electron chi connectivity index (χ2n) is 7.39. The Morgan fingerprint density at radius 1 is 1.14 bits per heavy atom. The van der Waals surface area contributed by atoms with Gasteiger partial charge in [0.1, 0.15) is 0 Å². The Balaban J connectivity index is 1.72. The Bertz CT molecular complexity index is 514. The first-order valence-electron chi connectivity index (χ1n) is 9.52. The molecule has 4 heterocycles. The van der Waals surface area contributed by atoms with Crippen molar-refractivity contribution in [3.8, 4) is 0 Å². The van der Waals surface area contributed by atoms with E-state index in [0.717, 1.165) is 25.7 Å². The van der Waals surface area contributed by atoms with Crippen molar-refractivity contribution in [2.75, 3.05) is 7.04 Å². The molecule has 0 radical (unpaired) electrons. The molecule has 5 nitrogen and oxygen atoms in total. The van der Waals surface area contributed by atoms with E-state index >= 15 is 0 Å². The minimum Gasteiger partial charge on any atom is -0.355 e. The number of methoxy groups -OCH3 is 1. The van der Waals surface area contributed by atoms with Crippen molar-refractivity contribution >= 4 is 0 Å². The van der Waals surface area contributed by atoms with Crippen molar-refractivity contribution in [3.05, 3.63) is 0 Å². The normalized spacial score (nSPS) is 62.1. The van der Waals surface area contributed by atoms with Crippen LogP contribution in [0, 0.1) is 23.7 Å². The summed E-state index contributed by atoms with van der Waals surface area (Å²) in [6.07, 6.45) is 2.18. The molecule has 0 unspecified atom stereocenters. The number of hydrogen-bond donors (Lipinski definition) is 0. The maximum Gasteiger partial charge on any atom is 0.201 e. The van der Waals surface area contributed by atoms with Crippen LogP contribution in [-0.4, -0.2) is 31.0 Å². The molecule has 1 spiro atoms. The monoisotopic (exact) mass is 301 g/mol. The van der Waals surface area contributed by atoms with Crippen LogP contribution in [-0.2, 0) is 24.0 Å². The summed E-state index contributed by atoms with van der Waals surface area (Å²) >= 11 is 0. The molecule has 5 aliphatic rings. The molecule has 0 aromatic heterocycles. The third-order valence-electron chi connectivity index (χ3n) is 6.21. The van der Waals surface area contributed by atoms with Gasteiger partial charge in [0.25, 0.3) is 0 Å². The first kappa shape index (κ1) is 11.4. The third-order valence-corrected chi connectivity index (χ3v) is 6.21. The number of ether oxygens (including phenoxy) is 3. The number of fused-ring (bicyclic) bond motifs is 2. The first-order chi connectivity index (χ1) is 11.1. The predicted molar refractivity (Wildman–Crippen MR) is 73.8 cm³/mol. The van der Waals surface area contributed by atoms with E-state index in [4.69, 9.17) is 28.1 Å². The molecule has 5 rings (SSSR count). The lowest BCUT2D eigenvalue weighted by Gasteiger charge is -2.60. The van der Waals surface area contributed by atoms with Gasteiger partial charge in [-0.2, -0.15) is 0 Å². The van der Waals surface area contributed by atoms with Crippen LogP contribution >= 0.6 is 0 Å². The van der Waals surface area contributed by atoms with Crippen LogP contribution < -0.4 is 0 Å². The van der Waals surface area contributed by atoms with Gasteiger partial charge in [-0.15, -0.1) is 0 Å². The highest BCUT2D eigenvalue weighted by Crippen LogP contribution is 2.60. The highest BCUT2D eigenvalue weighted by atomic mass is 17.3. The topological polar surface area (TPSA) is 46.2 Å². The van der Waals surface area contributed by atoms with Gasteiger partial charge < -0.3 is 14.2 Å². The van der Waals surface area contributed by atoms with Gasteiger partial charge in [0.15, 0.2) is 18.2 Å². The van der Waals surface area contributed by atoms with Gasteiger partial charge in [0.05, 0.1) is 4.11 Å². The van der Waals surface area contributed by atoms with Gasteiger partial charge in [-0.05, 0) is 38.0 Å². The summed E-state index contributed by atoms with van der Waals surface area (Å²) in [4.78, 5) is 11.7. The van der Waals surface area contributed by atoms with Gasteiger partial charge in [0.2, 0.25) is 5.79 Å². The molecule has 2 bridgehead atoms. The van der Waals surface area contributed by atoms with Crippen LogP contribution in [0.5, 0.6) is 0 Å². The van der Waals surface area contributed by atoms with E-state index in [0.29, 0.717) is 5.92 Å². The van der Waals surface area contributed by atoms with E-state index in [1.165, 1.54) is 0 Å². The van der Waals surface area contributed by atoms with Crippen molar-refractivity contribution in [1.29, 1.82) is 0 Å². The fourth-order valence-corrected chi connectivity index (χ4v) is 5.01. The van der Waals surface area contributed by atoms with Crippen molar-refractivity contribution < 1.29 is 28.1 Å². The van der Waals surface area contributed by atoms with Crippen LogP contribution in [0.15, 0.2) is 0 Å². The fraction of sp³-hybridized carbons (Fsp3) is 1.00. The lowest BCUT2D eigenvalue weighted by atomic mass is 9.58. The van der Waals surface area contributed by atoms with E-state index < -0.39 is 31.0 Å². The third kappa shape index (κ3) is 1.81. The maximum absolute atomic E-state index is 7.42. The number of hydrogen-bond acceptors (Lipinski definition) is 5. The van der Waals surface area contributed by atoms with Crippen molar-refractivity contribution in [2.45, 2.75) is 70.4 Å². The molecule has 21 heavy (non-hydrogen) atoms. The predicted octanol–water partition coefficient (Wildman–Crippen LogP) is 2.84. The van der Waals surface area contributed by atoms with Crippen molar-refractivity contribution in [2.24, 2.45) is 23.7 Å². The molecule has 8 atom stereocenters. The number of rotatable bonds is 1. The Hall–Kier alpha value is -0.200. The molecular formula is C16H26O5. The summed E-state index contributed by atoms with van der Waals surface area (Å²) in [6.45, 7) is 6.06. The molecular weight excluding hydrogens is 272 g/mol. The fourth-order valence-electron chi connectivity index (χ4n) is 5.01. The van der Waals surface area contributed by atoms with Crippen molar-refractivity contribution in [3.63, 3.8) is 0 Å². The molecule has 5 fully saturated rings. The highest BCUT2D eigenvalue weighted by Gasteiger charge is 2.69. The first-order valence-corrected chi connectivity index (χ1v) is 8.02. The minimum absolute atomic E-state index is 0.0763. The summed E-state index contributed by atoms with van der Waals surface area (Å²) in [5, 5.41) is 0. The van der Waals surface area contributed by atoms with Gasteiger partial charge in [-0.3, -0.25) is 0 Å². The molecule has 1 saturated carbocycles. The van der Waals surface area contributed by atoms with E-state index in [9.17, 15) is 0 Å².